The van der Waals surface area contributed by atoms with Crippen molar-refractivity contribution in [2.75, 3.05) is 17.0 Å². The van der Waals surface area contributed by atoms with Crippen molar-refractivity contribution in [3.05, 3.63) is 27.4 Å². The highest BCUT2D eigenvalue weighted by molar-refractivity contribution is 9.10. The Labute approximate surface area is 125 Å². The Morgan fingerprint density at radius 3 is 2.58 bits per heavy atom. The second-order valence-corrected chi connectivity index (χ2v) is 7.38. The molecule has 0 atom stereocenters. The fourth-order valence-electron chi connectivity index (χ4n) is 1.33. The fourth-order valence-corrected chi connectivity index (χ4v) is 3.43. The van der Waals surface area contributed by atoms with Crippen molar-refractivity contribution in [1.29, 1.82) is 0 Å². The van der Waals surface area contributed by atoms with Gasteiger partial charge in [0.25, 0.3) is 0 Å². The molecule has 0 aliphatic carbocycles. The van der Waals surface area contributed by atoms with Gasteiger partial charge < -0.3 is 5.32 Å². The van der Waals surface area contributed by atoms with Crippen molar-refractivity contribution in [3.63, 3.8) is 0 Å². The smallest absolute Gasteiger partial charge is 0.234 e. The highest BCUT2D eigenvalue weighted by Gasteiger charge is 2.16. The standard InChI is InChI=1S/C11H15BrClFN2O2S/c1-7(2)15-3-4-19(17,18)16-11-9(12)5-8(14)6-10(11)13/h5-7,15-16H,3-4H2,1-2H3. The quantitative estimate of drug-likeness (QED) is 0.806. The predicted molar refractivity (Wildman–Crippen MR) is 79.7 cm³/mol. The van der Waals surface area contributed by atoms with E-state index in [0.717, 1.165) is 12.1 Å². The third kappa shape index (κ3) is 5.64. The lowest BCUT2D eigenvalue weighted by Crippen LogP contribution is -2.31. The lowest BCUT2D eigenvalue weighted by molar-refractivity contribution is 0.581. The molecule has 0 aliphatic heterocycles. The minimum atomic E-state index is -3.54. The van der Waals surface area contributed by atoms with Crippen LogP contribution in [0.1, 0.15) is 13.8 Å². The molecule has 0 aromatic heterocycles. The van der Waals surface area contributed by atoms with Crippen molar-refractivity contribution in [1.82, 2.24) is 5.32 Å². The fraction of sp³-hybridized carbons (Fsp3) is 0.455. The van der Waals surface area contributed by atoms with E-state index in [2.05, 4.69) is 26.0 Å². The van der Waals surface area contributed by atoms with Crippen LogP contribution in [0.15, 0.2) is 16.6 Å². The highest BCUT2D eigenvalue weighted by Crippen LogP contribution is 2.32. The summed E-state index contributed by atoms with van der Waals surface area (Å²) >= 11 is 8.89. The molecule has 0 saturated heterocycles. The molecular formula is C11H15BrClFN2O2S. The summed E-state index contributed by atoms with van der Waals surface area (Å²) in [6.07, 6.45) is 0. The number of hydrogen-bond acceptors (Lipinski definition) is 3. The maximum absolute atomic E-state index is 13.0. The molecule has 0 spiro atoms. The van der Waals surface area contributed by atoms with E-state index in [-0.39, 0.29) is 27.0 Å². The molecule has 4 nitrogen and oxygen atoms in total. The Hall–Kier alpha value is -0.370. The van der Waals surface area contributed by atoms with Gasteiger partial charge in [-0.15, -0.1) is 0 Å². The van der Waals surface area contributed by atoms with Gasteiger partial charge in [0, 0.05) is 17.1 Å². The first-order valence-electron chi connectivity index (χ1n) is 5.59. The van der Waals surface area contributed by atoms with Crippen LogP contribution in [0.5, 0.6) is 0 Å². The summed E-state index contributed by atoms with van der Waals surface area (Å²) < 4.78 is 39.3. The van der Waals surface area contributed by atoms with Crippen LogP contribution in [-0.4, -0.2) is 26.8 Å². The summed E-state index contributed by atoms with van der Waals surface area (Å²) in [5, 5.41) is 3.01. The minimum Gasteiger partial charge on any atom is -0.313 e. The van der Waals surface area contributed by atoms with Crippen molar-refractivity contribution in [3.8, 4) is 0 Å². The van der Waals surface area contributed by atoms with Gasteiger partial charge >= 0.3 is 0 Å². The first kappa shape index (κ1) is 16.7. The largest absolute Gasteiger partial charge is 0.313 e. The molecule has 0 heterocycles. The minimum absolute atomic E-state index is 0.00673. The van der Waals surface area contributed by atoms with E-state index < -0.39 is 15.8 Å². The number of nitrogens with one attached hydrogen (secondary N) is 2. The van der Waals surface area contributed by atoms with Crippen LogP contribution < -0.4 is 10.0 Å². The van der Waals surface area contributed by atoms with Gasteiger partial charge in [-0.3, -0.25) is 4.72 Å². The van der Waals surface area contributed by atoms with Gasteiger partial charge in [-0.2, -0.15) is 0 Å². The van der Waals surface area contributed by atoms with Gasteiger partial charge in [0.15, 0.2) is 0 Å². The molecular weight excluding hydrogens is 359 g/mol. The van der Waals surface area contributed by atoms with Crippen molar-refractivity contribution in [2.24, 2.45) is 0 Å². The number of anilines is 1. The van der Waals surface area contributed by atoms with E-state index in [1.807, 2.05) is 13.8 Å². The van der Waals surface area contributed by atoms with Crippen LogP contribution in [0.3, 0.4) is 0 Å². The van der Waals surface area contributed by atoms with E-state index in [1.54, 1.807) is 0 Å². The van der Waals surface area contributed by atoms with E-state index in [9.17, 15) is 12.8 Å². The van der Waals surface area contributed by atoms with Crippen LogP contribution in [0.4, 0.5) is 10.1 Å². The highest BCUT2D eigenvalue weighted by atomic mass is 79.9. The molecule has 0 amide bonds. The van der Waals surface area contributed by atoms with Crippen LogP contribution in [-0.2, 0) is 10.0 Å². The van der Waals surface area contributed by atoms with Gasteiger partial charge in [0.2, 0.25) is 10.0 Å². The number of hydrogen-bond donors (Lipinski definition) is 2. The SMILES string of the molecule is CC(C)NCCS(=O)(=O)Nc1c(Cl)cc(F)cc1Br. The monoisotopic (exact) mass is 372 g/mol. The molecule has 0 fully saturated rings. The Morgan fingerprint density at radius 2 is 2.05 bits per heavy atom. The zero-order valence-electron chi connectivity index (χ0n) is 10.5. The average Bonchev–Trinajstić information content (AvgIpc) is 2.22. The second-order valence-electron chi connectivity index (χ2n) is 4.27. The Balaban J connectivity index is 2.79. The number of halogens is 3. The Kier molecular flexibility index (Phi) is 6.04. The van der Waals surface area contributed by atoms with E-state index >= 15 is 0 Å². The molecule has 0 bridgehead atoms. The summed E-state index contributed by atoms with van der Waals surface area (Å²) in [4.78, 5) is 0. The maximum Gasteiger partial charge on any atom is 0.234 e. The van der Waals surface area contributed by atoms with Gasteiger partial charge in [-0.25, -0.2) is 12.8 Å². The summed E-state index contributed by atoms with van der Waals surface area (Å²) in [5.41, 5.74) is 0.146. The molecule has 19 heavy (non-hydrogen) atoms. The number of sulfonamides is 1. The zero-order valence-corrected chi connectivity index (χ0v) is 13.7. The summed E-state index contributed by atoms with van der Waals surface area (Å²) in [6, 6.07) is 2.41. The maximum atomic E-state index is 13.0. The molecule has 108 valence electrons. The van der Waals surface area contributed by atoms with Crippen LogP contribution in [0, 0.1) is 5.82 Å². The molecule has 8 heteroatoms. The van der Waals surface area contributed by atoms with E-state index in [1.165, 1.54) is 0 Å². The molecule has 1 aromatic rings. The Morgan fingerprint density at radius 1 is 1.42 bits per heavy atom. The lowest BCUT2D eigenvalue weighted by Gasteiger charge is -2.13. The molecule has 2 N–H and O–H groups in total. The lowest BCUT2D eigenvalue weighted by atomic mass is 10.3. The molecule has 0 saturated carbocycles. The normalized spacial score (nSPS) is 11.9. The Bertz CT molecular complexity index is 529. The van der Waals surface area contributed by atoms with Gasteiger partial charge in [0.05, 0.1) is 16.5 Å². The zero-order chi connectivity index (χ0) is 14.6. The second kappa shape index (κ2) is 6.88. The van der Waals surface area contributed by atoms with Crippen LogP contribution in [0.25, 0.3) is 0 Å². The molecule has 1 aromatic carbocycles. The topological polar surface area (TPSA) is 58.2 Å². The summed E-state index contributed by atoms with van der Waals surface area (Å²) in [6.45, 7) is 4.17. The molecule has 0 aliphatic rings. The van der Waals surface area contributed by atoms with Gasteiger partial charge in [0.1, 0.15) is 5.82 Å². The van der Waals surface area contributed by atoms with Crippen LogP contribution >= 0.6 is 27.5 Å². The van der Waals surface area contributed by atoms with E-state index in [0.29, 0.717) is 6.54 Å². The number of rotatable bonds is 6. The van der Waals surface area contributed by atoms with Gasteiger partial charge in [-0.05, 0) is 28.1 Å². The summed E-state index contributed by atoms with van der Waals surface area (Å²) in [5.74, 6) is -0.632. The number of benzene rings is 1. The van der Waals surface area contributed by atoms with Gasteiger partial charge in [-0.1, -0.05) is 25.4 Å². The van der Waals surface area contributed by atoms with Crippen molar-refractivity contribution < 1.29 is 12.8 Å². The summed E-state index contributed by atoms with van der Waals surface area (Å²) in [7, 11) is -3.54. The molecule has 0 unspecified atom stereocenters. The molecule has 1 rings (SSSR count). The van der Waals surface area contributed by atoms with Crippen molar-refractivity contribution in [2.45, 2.75) is 19.9 Å². The first-order chi connectivity index (χ1) is 8.71. The van der Waals surface area contributed by atoms with Crippen LogP contribution in [0.2, 0.25) is 5.02 Å². The van der Waals surface area contributed by atoms with E-state index in [4.69, 9.17) is 11.6 Å². The van der Waals surface area contributed by atoms with Crippen molar-refractivity contribution >= 4 is 43.2 Å². The predicted octanol–water partition coefficient (Wildman–Crippen LogP) is 2.98. The first-order valence-corrected chi connectivity index (χ1v) is 8.42. The third-order valence-corrected chi connectivity index (χ3v) is 4.37. The molecule has 0 radical (unpaired) electrons. The third-order valence-electron chi connectivity index (χ3n) is 2.19. The average molecular weight is 374 g/mol.